The van der Waals surface area contributed by atoms with Gasteiger partial charge in [0, 0.05) is 10.8 Å². The highest BCUT2D eigenvalue weighted by Crippen LogP contribution is 2.46. The van der Waals surface area contributed by atoms with Gasteiger partial charge in [-0.2, -0.15) is 0 Å². The maximum atomic E-state index is 6.27. The average Bonchev–Trinajstić information content (AvgIpc) is 3.38. The smallest absolute Gasteiger partial charge is 0.136 e. The summed E-state index contributed by atoms with van der Waals surface area (Å²) < 4.78 is 6.27. The molecule has 0 N–H and O–H groups in total. The Balaban J connectivity index is 1.44. The van der Waals surface area contributed by atoms with Crippen LogP contribution in [0.2, 0.25) is 0 Å². The predicted octanol–water partition coefficient (Wildman–Crippen LogP) is 10.9. The van der Waals surface area contributed by atoms with Crippen molar-refractivity contribution < 1.29 is 4.42 Å². The maximum Gasteiger partial charge on any atom is 0.136 e. The molecule has 0 atom stereocenters. The number of hydrogen-bond acceptors (Lipinski definition) is 1. The molecule has 0 aliphatic carbocycles. The van der Waals surface area contributed by atoms with Gasteiger partial charge in [-0.15, -0.1) is 0 Å². The third-order valence-corrected chi connectivity index (χ3v) is 7.88. The van der Waals surface area contributed by atoms with Gasteiger partial charge in [-0.1, -0.05) is 127 Å². The number of fused-ring (bicyclic) bond motifs is 5. The van der Waals surface area contributed by atoms with Crippen LogP contribution in [0.5, 0.6) is 0 Å². The van der Waals surface area contributed by atoms with E-state index >= 15 is 0 Å². The van der Waals surface area contributed by atoms with E-state index < -0.39 is 0 Å². The molecule has 0 aliphatic rings. The number of hydrogen-bond donors (Lipinski definition) is 0. The number of para-hydroxylation sites is 1. The standard InChI is InChI=1S/C38H24O/c1-2-12-25(13-3-1)37-31-17-6-8-19-33(31)38(34-20-9-7-18-32(34)37)30-16-5-4-14-27(30)26-22-23-29-28-15-10-11-21-35(28)39-36(29)24-26/h1-24H. The fraction of sp³-hybridized carbons (Fsp3) is 0. The van der Waals surface area contributed by atoms with Crippen LogP contribution in [-0.4, -0.2) is 0 Å². The molecule has 1 heterocycles. The van der Waals surface area contributed by atoms with Crippen LogP contribution in [-0.2, 0) is 0 Å². The van der Waals surface area contributed by atoms with E-state index in [-0.39, 0.29) is 0 Å². The number of benzene rings is 7. The summed E-state index contributed by atoms with van der Waals surface area (Å²) >= 11 is 0. The van der Waals surface area contributed by atoms with Crippen molar-refractivity contribution in [3.8, 4) is 33.4 Å². The van der Waals surface area contributed by atoms with Crippen LogP contribution in [0.1, 0.15) is 0 Å². The fourth-order valence-corrected chi connectivity index (χ4v) is 6.18. The van der Waals surface area contributed by atoms with E-state index in [1.807, 2.05) is 12.1 Å². The SMILES string of the molecule is c1ccc(-c2c3ccccc3c(-c3ccccc3-c3ccc4c(c3)oc3ccccc34)c3ccccc23)cc1. The topological polar surface area (TPSA) is 13.1 Å². The maximum absolute atomic E-state index is 6.27. The zero-order chi connectivity index (χ0) is 25.8. The monoisotopic (exact) mass is 496 g/mol. The van der Waals surface area contributed by atoms with Crippen molar-refractivity contribution in [2.75, 3.05) is 0 Å². The minimum absolute atomic E-state index is 0.914. The van der Waals surface area contributed by atoms with Crippen molar-refractivity contribution in [3.63, 3.8) is 0 Å². The molecule has 1 heteroatoms. The summed E-state index contributed by atoms with van der Waals surface area (Å²) in [5.41, 5.74) is 9.19. The first-order valence-electron chi connectivity index (χ1n) is 13.4. The van der Waals surface area contributed by atoms with Gasteiger partial charge in [0.05, 0.1) is 0 Å². The predicted molar refractivity (Wildman–Crippen MR) is 165 cm³/mol. The van der Waals surface area contributed by atoms with Crippen LogP contribution in [0.25, 0.3) is 76.9 Å². The molecule has 8 aromatic rings. The van der Waals surface area contributed by atoms with Crippen LogP contribution < -0.4 is 0 Å². The Morgan fingerprint density at radius 2 is 0.821 bits per heavy atom. The summed E-state index contributed by atoms with van der Waals surface area (Å²) in [6.45, 7) is 0. The second kappa shape index (κ2) is 8.72. The van der Waals surface area contributed by atoms with Crippen LogP contribution in [0.3, 0.4) is 0 Å². The molecule has 0 fully saturated rings. The first-order chi connectivity index (χ1) is 19.4. The van der Waals surface area contributed by atoms with Crippen molar-refractivity contribution in [2.45, 2.75) is 0 Å². The zero-order valence-electron chi connectivity index (χ0n) is 21.3. The summed E-state index contributed by atoms with van der Waals surface area (Å²) in [5, 5.41) is 7.34. The van der Waals surface area contributed by atoms with Crippen molar-refractivity contribution in [3.05, 3.63) is 146 Å². The molecule has 7 aromatic carbocycles. The third-order valence-electron chi connectivity index (χ3n) is 7.88. The molecule has 0 radical (unpaired) electrons. The van der Waals surface area contributed by atoms with E-state index in [4.69, 9.17) is 4.42 Å². The van der Waals surface area contributed by atoms with Gasteiger partial charge in [-0.3, -0.25) is 0 Å². The highest BCUT2D eigenvalue weighted by molar-refractivity contribution is 6.22. The first-order valence-corrected chi connectivity index (χ1v) is 13.4. The lowest BCUT2D eigenvalue weighted by molar-refractivity contribution is 0.669. The highest BCUT2D eigenvalue weighted by Gasteiger charge is 2.19. The Kier molecular flexibility index (Phi) is 4.89. The first kappa shape index (κ1) is 21.9. The van der Waals surface area contributed by atoms with Gasteiger partial charge in [0.25, 0.3) is 0 Å². The molecule has 0 unspecified atom stereocenters. The molecule has 0 aliphatic heterocycles. The molecule has 1 nitrogen and oxygen atoms in total. The lowest BCUT2D eigenvalue weighted by atomic mass is 9.84. The van der Waals surface area contributed by atoms with E-state index in [0.29, 0.717) is 0 Å². The van der Waals surface area contributed by atoms with Gasteiger partial charge in [-0.25, -0.2) is 0 Å². The van der Waals surface area contributed by atoms with E-state index in [2.05, 4.69) is 133 Å². The van der Waals surface area contributed by atoms with Crippen LogP contribution in [0, 0.1) is 0 Å². The Bertz CT molecular complexity index is 2110. The Labute approximate surface area is 226 Å². The summed E-state index contributed by atoms with van der Waals surface area (Å²) in [6, 6.07) is 52.0. The normalized spacial score (nSPS) is 11.6. The Morgan fingerprint density at radius 1 is 0.308 bits per heavy atom. The molecule has 182 valence electrons. The molecular formula is C38H24O. The molecule has 0 saturated carbocycles. The van der Waals surface area contributed by atoms with Crippen molar-refractivity contribution >= 4 is 43.5 Å². The zero-order valence-corrected chi connectivity index (χ0v) is 21.3. The van der Waals surface area contributed by atoms with Gasteiger partial charge >= 0.3 is 0 Å². The highest BCUT2D eigenvalue weighted by atomic mass is 16.3. The lowest BCUT2D eigenvalue weighted by Gasteiger charge is -2.19. The number of furan rings is 1. The van der Waals surface area contributed by atoms with Gasteiger partial charge < -0.3 is 4.42 Å². The van der Waals surface area contributed by atoms with Crippen molar-refractivity contribution in [1.82, 2.24) is 0 Å². The van der Waals surface area contributed by atoms with Crippen LogP contribution in [0.4, 0.5) is 0 Å². The fourth-order valence-electron chi connectivity index (χ4n) is 6.18. The van der Waals surface area contributed by atoms with Crippen LogP contribution >= 0.6 is 0 Å². The van der Waals surface area contributed by atoms with Crippen LogP contribution in [0.15, 0.2) is 150 Å². The van der Waals surface area contributed by atoms with E-state index in [0.717, 1.165) is 27.5 Å². The second-order valence-corrected chi connectivity index (χ2v) is 10.1. The summed E-state index contributed by atoms with van der Waals surface area (Å²) in [4.78, 5) is 0. The lowest BCUT2D eigenvalue weighted by Crippen LogP contribution is -1.92. The van der Waals surface area contributed by atoms with Gasteiger partial charge in [0.15, 0.2) is 0 Å². The molecular weight excluding hydrogens is 472 g/mol. The molecule has 1 aromatic heterocycles. The molecule has 0 saturated heterocycles. The summed E-state index contributed by atoms with van der Waals surface area (Å²) in [7, 11) is 0. The van der Waals surface area contributed by atoms with Gasteiger partial charge in [0.1, 0.15) is 11.2 Å². The number of rotatable bonds is 3. The molecule has 0 bridgehead atoms. The van der Waals surface area contributed by atoms with Gasteiger partial charge in [0.2, 0.25) is 0 Å². The Morgan fingerprint density at radius 3 is 1.51 bits per heavy atom. The Hall–Kier alpha value is -5.14. The third kappa shape index (κ3) is 3.41. The quantitative estimate of drug-likeness (QED) is 0.222. The second-order valence-electron chi connectivity index (χ2n) is 10.1. The molecule has 39 heavy (non-hydrogen) atoms. The molecule has 0 amide bonds. The minimum atomic E-state index is 0.914. The van der Waals surface area contributed by atoms with E-state index in [9.17, 15) is 0 Å². The average molecular weight is 497 g/mol. The molecule has 0 spiro atoms. The minimum Gasteiger partial charge on any atom is -0.456 e. The summed E-state index contributed by atoms with van der Waals surface area (Å²) in [6.07, 6.45) is 0. The van der Waals surface area contributed by atoms with Crippen molar-refractivity contribution in [1.29, 1.82) is 0 Å². The van der Waals surface area contributed by atoms with Crippen molar-refractivity contribution in [2.24, 2.45) is 0 Å². The van der Waals surface area contributed by atoms with E-state index in [1.54, 1.807) is 0 Å². The van der Waals surface area contributed by atoms with E-state index in [1.165, 1.54) is 49.4 Å². The molecule has 8 rings (SSSR count). The largest absolute Gasteiger partial charge is 0.456 e. The summed E-state index contributed by atoms with van der Waals surface area (Å²) in [5.74, 6) is 0. The van der Waals surface area contributed by atoms with Gasteiger partial charge in [-0.05, 0) is 73.1 Å².